The van der Waals surface area contributed by atoms with E-state index in [-0.39, 0.29) is 0 Å². The highest BCUT2D eigenvalue weighted by Gasteiger charge is 2.10. The summed E-state index contributed by atoms with van der Waals surface area (Å²) in [5, 5.41) is 3.01. The Labute approximate surface area is 107 Å². The molecule has 0 aliphatic carbocycles. The molecule has 0 saturated heterocycles. The minimum absolute atomic E-state index is 0.514. The first-order valence-corrected chi connectivity index (χ1v) is 5.61. The summed E-state index contributed by atoms with van der Waals surface area (Å²) < 4.78 is 10.4. The fraction of sp³-hybridized carbons (Fsp3) is 0.357. The Balaban J connectivity index is 3.12. The van der Waals surface area contributed by atoms with Crippen molar-refractivity contribution in [3.05, 3.63) is 23.3 Å². The molecule has 0 atom stereocenters. The van der Waals surface area contributed by atoms with Gasteiger partial charge in [0.05, 0.1) is 19.8 Å². The fourth-order valence-electron chi connectivity index (χ4n) is 1.49. The average molecular weight is 247 g/mol. The third-order valence-electron chi connectivity index (χ3n) is 2.36. The van der Waals surface area contributed by atoms with Crippen molar-refractivity contribution in [1.29, 1.82) is 0 Å². The van der Waals surface area contributed by atoms with Gasteiger partial charge in [0.15, 0.2) is 11.5 Å². The second kappa shape index (κ2) is 7.36. The summed E-state index contributed by atoms with van der Waals surface area (Å²) in [5.74, 6) is 7.08. The van der Waals surface area contributed by atoms with Gasteiger partial charge in [-0.15, -0.1) is 0 Å². The third kappa shape index (κ3) is 3.51. The number of carbonyl (C=O) groups excluding carboxylic acids is 1. The average Bonchev–Trinajstić information content (AvgIpc) is 2.42. The minimum Gasteiger partial charge on any atom is -0.493 e. The Hall–Kier alpha value is -1.99. The van der Waals surface area contributed by atoms with E-state index in [0.29, 0.717) is 22.6 Å². The molecular formula is C14H17NO3. The Kier molecular flexibility index (Phi) is 5.75. The number of ether oxygens (including phenoxy) is 2. The Morgan fingerprint density at radius 3 is 2.67 bits per heavy atom. The second-order valence-corrected chi connectivity index (χ2v) is 3.58. The lowest BCUT2D eigenvalue weighted by molar-refractivity contribution is 0.112. The Morgan fingerprint density at radius 1 is 1.33 bits per heavy atom. The van der Waals surface area contributed by atoms with Gasteiger partial charge in [0, 0.05) is 18.5 Å². The van der Waals surface area contributed by atoms with E-state index in [1.807, 2.05) is 7.05 Å². The van der Waals surface area contributed by atoms with E-state index in [1.165, 1.54) is 7.11 Å². The van der Waals surface area contributed by atoms with Crippen LogP contribution in [0.25, 0.3) is 0 Å². The van der Waals surface area contributed by atoms with Crippen molar-refractivity contribution in [3.63, 3.8) is 0 Å². The van der Waals surface area contributed by atoms with Gasteiger partial charge in [0.2, 0.25) is 0 Å². The number of benzene rings is 1. The van der Waals surface area contributed by atoms with Crippen LogP contribution < -0.4 is 14.8 Å². The van der Waals surface area contributed by atoms with E-state index >= 15 is 0 Å². The van der Waals surface area contributed by atoms with Gasteiger partial charge < -0.3 is 14.8 Å². The molecule has 18 heavy (non-hydrogen) atoms. The summed E-state index contributed by atoms with van der Waals surface area (Å²) in [6.45, 7) is 0.819. The van der Waals surface area contributed by atoms with E-state index in [2.05, 4.69) is 17.2 Å². The molecule has 1 aromatic carbocycles. The number of nitrogens with one attached hydrogen (secondary N) is 1. The van der Waals surface area contributed by atoms with Crippen molar-refractivity contribution in [2.45, 2.75) is 6.42 Å². The summed E-state index contributed by atoms with van der Waals surface area (Å²) in [6.07, 6.45) is 1.49. The number of hydrogen-bond acceptors (Lipinski definition) is 4. The maximum atomic E-state index is 10.8. The van der Waals surface area contributed by atoms with Gasteiger partial charge in [0.25, 0.3) is 0 Å². The van der Waals surface area contributed by atoms with Crippen LogP contribution in [0.3, 0.4) is 0 Å². The molecule has 0 amide bonds. The first-order chi connectivity index (χ1) is 8.76. The smallest absolute Gasteiger partial charge is 0.176 e. The number of methoxy groups -OCH3 is 2. The zero-order valence-electron chi connectivity index (χ0n) is 10.9. The van der Waals surface area contributed by atoms with Crippen LogP contribution in [-0.4, -0.2) is 34.1 Å². The summed E-state index contributed by atoms with van der Waals surface area (Å²) in [7, 11) is 4.96. The molecule has 0 aromatic heterocycles. The fourth-order valence-corrected chi connectivity index (χ4v) is 1.49. The van der Waals surface area contributed by atoms with Gasteiger partial charge in [-0.05, 0) is 19.2 Å². The SMILES string of the molecule is CNCCC#Cc1cc(C=O)cc(OC)c1OC. The topological polar surface area (TPSA) is 47.6 Å². The predicted molar refractivity (Wildman–Crippen MR) is 70.4 cm³/mol. The lowest BCUT2D eigenvalue weighted by atomic mass is 10.1. The number of carbonyl (C=O) groups is 1. The Morgan fingerprint density at radius 2 is 2.11 bits per heavy atom. The maximum absolute atomic E-state index is 10.8. The molecule has 96 valence electrons. The van der Waals surface area contributed by atoms with Gasteiger partial charge in [0.1, 0.15) is 6.29 Å². The summed E-state index contributed by atoms with van der Waals surface area (Å²) in [4.78, 5) is 10.8. The van der Waals surface area contributed by atoms with Crippen LogP contribution in [0.15, 0.2) is 12.1 Å². The van der Waals surface area contributed by atoms with Crippen molar-refractivity contribution in [2.75, 3.05) is 27.8 Å². The van der Waals surface area contributed by atoms with Crippen molar-refractivity contribution in [2.24, 2.45) is 0 Å². The highest BCUT2D eigenvalue weighted by molar-refractivity contribution is 5.78. The molecule has 0 spiro atoms. The molecule has 1 N–H and O–H groups in total. The molecule has 0 radical (unpaired) electrons. The second-order valence-electron chi connectivity index (χ2n) is 3.58. The molecule has 4 nitrogen and oxygen atoms in total. The van der Waals surface area contributed by atoms with Gasteiger partial charge in [-0.25, -0.2) is 0 Å². The van der Waals surface area contributed by atoms with Gasteiger partial charge in [-0.1, -0.05) is 11.8 Å². The van der Waals surface area contributed by atoms with Gasteiger partial charge in [-0.3, -0.25) is 4.79 Å². The first kappa shape index (κ1) is 14.1. The van der Waals surface area contributed by atoms with E-state index in [4.69, 9.17) is 9.47 Å². The van der Waals surface area contributed by atoms with E-state index < -0.39 is 0 Å². The molecule has 0 bridgehead atoms. The number of rotatable bonds is 5. The first-order valence-electron chi connectivity index (χ1n) is 5.61. The standard InChI is InChI=1S/C14H17NO3/c1-15-7-5-4-6-12-8-11(10-16)9-13(17-2)14(12)18-3/h8-10,15H,5,7H2,1-3H3. The van der Waals surface area contributed by atoms with Crippen LogP contribution in [-0.2, 0) is 0 Å². The molecule has 0 aliphatic rings. The maximum Gasteiger partial charge on any atom is 0.176 e. The largest absolute Gasteiger partial charge is 0.493 e. The van der Waals surface area contributed by atoms with Crippen LogP contribution in [0.5, 0.6) is 11.5 Å². The lowest BCUT2D eigenvalue weighted by Crippen LogP contribution is -2.05. The van der Waals surface area contributed by atoms with Gasteiger partial charge >= 0.3 is 0 Å². The summed E-state index contributed by atoms with van der Waals surface area (Å²) in [6, 6.07) is 3.32. The molecule has 1 aromatic rings. The number of aldehydes is 1. The summed E-state index contributed by atoms with van der Waals surface area (Å²) in [5.41, 5.74) is 1.18. The van der Waals surface area contributed by atoms with E-state index in [0.717, 1.165) is 19.3 Å². The molecule has 0 heterocycles. The third-order valence-corrected chi connectivity index (χ3v) is 2.36. The van der Waals surface area contributed by atoms with Crippen LogP contribution in [0, 0.1) is 11.8 Å². The normalized spacial score (nSPS) is 9.28. The zero-order valence-corrected chi connectivity index (χ0v) is 10.9. The van der Waals surface area contributed by atoms with Crippen molar-refractivity contribution in [1.82, 2.24) is 5.32 Å². The van der Waals surface area contributed by atoms with Crippen LogP contribution in [0.2, 0.25) is 0 Å². The van der Waals surface area contributed by atoms with E-state index in [1.54, 1.807) is 19.2 Å². The van der Waals surface area contributed by atoms with Crippen molar-refractivity contribution >= 4 is 6.29 Å². The van der Waals surface area contributed by atoms with Crippen LogP contribution in [0.1, 0.15) is 22.3 Å². The molecular weight excluding hydrogens is 230 g/mol. The highest BCUT2D eigenvalue weighted by atomic mass is 16.5. The van der Waals surface area contributed by atoms with E-state index in [9.17, 15) is 4.79 Å². The molecule has 0 fully saturated rings. The van der Waals surface area contributed by atoms with Crippen molar-refractivity contribution < 1.29 is 14.3 Å². The van der Waals surface area contributed by atoms with Crippen LogP contribution >= 0.6 is 0 Å². The highest BCUT2D eigenvalue weighted by Crippen LogP contribution is 2.31. The molecule has 0 saturated carbocycles. The zero-order chi connectivity index (χ0) is 13.4. The van der Waals surface area contributed by atoms with Gasteiger partial charge in [-0.2, -0.15) is 0 Å². The number of hydrogen-bond donors (Lipinski definition) is 1. The summed E-state index contributed by atoms with van der Waals surface area (Å²) >= 11 is 0. The molecule has 1 rings (SSSR count). The molecule has 4 heteroatoms. The monoisotopic (exact) mass is 247 g/mol. The Bertz CT molecular complexity index is 472. The lowest BCUT2D eigenvalue weighted by Gasteiger charge is -2.10. The quantitative estimate of drug-likeness (QED) is 0.486. The van der Waals surface area contributed by atoms with Crippen LogP contribution in [0.4, 0.5) is 0 Å². The van der Waals surface area contributed by atoms with Crippen molar-refractivity contribution in [3.8, 4) is 23.3 Å². The molecule has 0 unspecified atom stereocenters. The minimum atomic E-state index is 0.514. The molecule has 0 aliphatic heterocycles. The predicted octanol–water partition coefficient (Wildman–Crippen LogP) is 1.48.